The van der Waals surface area contributed by atoms with Crippen molar-refractivity contribution in [3.8, 4) is 0 Å². The summed E-state index contributed by atoms with van der Waals surface area (Å²) in [4.78, 5) is 4.86. The van der Waals surface area contributed by atoms with Gasteiger partial charge in [-0.1, -0.05) is 0 Å². The first-order chi connectivity index (χ1) is 6.13. The van der Waals surface area contributed by atoms with Crippen molar-refractivity contribution >= 4 is 10.4 Å². The average Bonchev–Trinajstić information content (AvgIpc) is 1.80. The number of rotatable bonds is 4. The van der Waals surface area contributed by atoms with Gasteiger partial charge in [-0.15, -0.1) is 0 Å². The summed E-state index contributed by atoms with van der Waals surface area (Å²) < 4.78 is 31.6. The second-order valence-corrected chi connectivity index (χ2v) is 3.99. The highest BCUT2D eigenvalue weighted by molar-refractivity contribution is 7.79. The highest BCUT2D eigenvalue weighted by Gasteiger charge is 1.92. The van der Waals surface area contributed by atoms with Gasteiger partial charge in [-0.25, -0.2) is 4.94 Å². The molecule has 0 unspecified atom stereocenters. The highest BCUT2D eigenvalue weighted by Crippen LogP contribution is 1.77. The van der Waals surface area contributed by atoms with Crippen LogP contribution in [0.1, 0.15) is 27.7 Å². The lowest BCUT2D eigenvalue weighted by molar-refractivity contribution is -0.0632. The van der Waals surface area contributed by atoms with Crippen LogP contribution in [-0.4, -0.2) is 29.6 Å². The summed E-state index contributed by atoms with van der Waals surface area (Å²) in [6.07, 6.45) is 0. The molecule has 0 saturated carbocycles. The minimum absolute atomic E-state index is 0.358. The number of nitrogens with one attached hydrogen (secondary N) is 2. The van der Waals surface area contributed by atoms with Crippen molar-refractivity contribution < 1.29 is 22.5 Å². The molecule has 8 heteroatoms. The highest BCUT2D eigenvalue weighted by atomic mass is 32.3. The Labute approximate surface area is 84.3 Å². The van der Waals surface area contributed by atoms with Crippen molar-refractivity contribution in [2.24, 2.45) is 0 Å². The second-order valence-electron chi connectivity index (χ2n) is 3.09. The Morgan fingerprint density at radius 3 is 1.36 bits per heavy atom. The molecule has 0 amide bonds. The van der Waals surface area contributed by atoms with Gasteiger partial charge >= 0.3 is 10.4 Å². The normalized spacial score (nSPS) is 11.4. The lowest BCUT2D eigenvalue weighted by Gasteiger charge is -2.10. The summed E-state index contributed by atoms with van der Waals surface area (Å²) >= 11 is 0. The third-order valence-corrected chi connectivity index (χ3v) is 0.589. The first kappa shape index (κ1) is 16.2. The molecule has 7 nitrogen and oxygen atoms in total. The largest absolute Gasteiger partial charge is 0.394 e. The number of hydrogen-bond acceptors (Lipinski definition) is 5. The van der Waals surface area contributed by atoms with E-state index in [0.29, 0.717) is 12.1 Å². The van der Waals surface area contributed by atoms with Crippen LogP contribution in [0.5, 0.6) is 0 Å². The van der Waals surface area contributed by atoms with E-state index in [9.17, 15) is 0 Å². The van der Waals surface area contributed by atoms with Gasteiger partial charge in [-0.2, -0.15) is 19.4 Å². The Hall–Kier alpha value is -0.250. The topological polar surface area (TPSA) is 108 Å². The Kier molecular flexibility index (Phi) is 9.36. The van der Waals surface area contributed by atoms with E-state index in [-0.39, 0.29) is 0 Å². The second kappa shape index (κ2) is 8.09. The molecule has 0 aromatic carbocycles. The SMILES string of the molecule is CC(C)NONC(C)C.O=S(=O)(O)O. The fourth-order valence-corrected chi connectivity index (χ4v) is 0.270. The van der Waals surface area contributed by atoms with Crippen LogP contribution in [-0.2, 0) is 15.3 Å². The Balaban J connectivity index is 0. The van der Waals surface area contributed by atoms with E-state index in [4.69, 9.17) is 22.5 Å². The zero-order valence-corrected chi connectivity index (χ0v) is 9.50. The van der Waals surface area contributed by atoms with Gasteiger partial charge in [0, 0.05) is 12.1 Å². The summed E-state index contributed by atoms with van der Waals surface area (Å²) in [5, 5.41) is 0. The maximum atomic E-state index is 8.74. The summed E-state index contributed by atoms with van der Waals surface area (Å²) in [5.74, 6) is 0. The monoisotopic (exact) mass is 230 g/mol. The predicted octanol–water partition coefficient (Wildman–Crippen LogP) is 0.176. The van der Waals surface area contributed by atoms with Crippen molar-refractivity contribution in [2.75, 3.05) is 0 Å². The fraction of sp³-hybridized carbons (Fsp3) is 1.00. The molecule has 0 atom stereocenters. The van der Waals surface area contributed by atoms with E-state index in [1.807, 2.05) is 27.7 Å². The minimum atomic E-state index is -4.67. The molecule has 0 rings (SSSR count). The van der Waals surface area contributed by atoms with Gasteiger partial charge in [0.1, 0.15) is 0 Å². The van der Waals surface area contributed by atoms with E-state index < -0.39 is 10.4 Å². The molecule has 4 N–H and O–H groups in total. The Morgan fingerprint density at radius 1 is 1.00 bits per heavy atom. The van der Waals surface area contributed by atoms with Crippen LogP contribution in [0, 0.1) is 0 Å². The number of hydroxylamine groups is 2. The summed E-state index contributed by atoms with van der Waals surface area (Å²) in [6, 6.07) is 0.715. The molecule has 0 aliphatic rings. The van der Waals surface area contributed by atoms with Crippen molar-refractivity contribution in [1.82, 2.24) is 11.0 Å². The first-order valence-corrected chi connectivity index (χ1v) is 5.39. The molecule has 0 saturated heterocycles. The molecule has 0 heterocycles. The molecule has 88 valence electrons. The van der Waals surface area contributed by atoms with E-state index in [1.165, 1.54) is 0 Å². The van der Waals surface area contributed by atoms with Crippen LogP contribution in [0.2, 0.25) is 0 Å². The molecule has 0 aromatic heterocycles. The molecule has 0 radical (unpaired) electrons. The zero-order chi connectivity index (χ0) is 11.8. The average molecular weight is 230 g/mol. The molecule has 0 aliphatic carbocycles. The zero-order valence-electron chi connectivity index (χ0n) is 8.68. The van der Waals surface area contributed by atoms with E-state index in [2.05, 4.69) is 11.0 Å². The van der Waals surface area contributed by atoms with Gasteiger partial charge in [0.25, 0.3) is 0 Å². The molecule has 14 heavy (non-hydrogen) atoms. The molecular weight excluding hydrogens is 212 g/mol. The van der Waals surface area contributed by atoms with Crippen molar-refractivity contribution in [3.05, 3.63) is 0 Å². The van der Waals surface area contributed by atoms with Gasteiger partial charge in [0.15, 0.2) is 0 Å². The smallest absolute Gasteiger partial charge is 0.264 e. The van der Waals surface area contributed by atoms with Gasteiger partial charge in [-0.3, -0.25) is 9.11 Å². The summed E-state index contributed by atoms with van der Waals surface area (Å²) in [6.45, 7) is 8.06. The number of hydrogen-bond donors (Lipinski definition) is 4. The van der Waals surface area contributed by atoms with Crippen molar-refractivity contribution in [3.63, 3.8) is 0 Å². The Bertz CT molecular complexity index is 198. The van der Waals surface area contributed by atoms with Gasteiger partial charge < -0.3 is 0 Å². The molecular formula is C6H18N2O5S. The van der Waals surface area contributed by atoms with Crippen LogP contribution in [0.3, 0.4) is 0 Å². The third kappa shape index (κ3) is 41.1. The van der Waals surface area contributed by atoms with Gasteiger partial charge in [-0.05, 0) is 27.7 Å². The molecule has 0 aromatic rings. The lowest BCUT2D eigenvalue weighted by atomic mass is 10.4. The van der Waals surface area contributed by atoms with Crippen molar-refractivity contribution in [2.45, 2.75) is 39.8 Å². The maximum absolute atomic E-state index is 8.74. The molecule has 0 aliphatic heterocycles. The molecule has 0 fully saturated rings. The summed E-state index contributed by atoms with van der Waals surface area (Å²) in [5.41, 5.74) is 5.53. The van der Waals surface area contributed by atoms with E-state index >= 15 is 0 Å². The first-order valence-electron chi connectivity index (χ1n) is 3.99. The van der Waals surface area contributed by atoms with E-state index in [0.717, 1.165) is 0 Å². The fourth-order valence-electron chi connectivity index (χ4n) is 0.270. The van der Waals surface area contributed by atoms with Gasteiger partial charge in [0.05, 0.1) is 0 Å². The maximum Gasteiger partial charge on any atom is 0.394 e. The summed E-state index contributed by atoms with van der Waals surface area (Å²) in [7, 11) is -4.67. The van der Waals surface area contributed by atoms with Crippen molar-refractivity contribution in [1.29, 1.82) is 0 Å². The van der Waals surface area contributed by atoms with Crippen LogP contribution >= 0.6 is 0 Å². The molecule has 0 bridgehead atoms. The predicted molar refractivity (Wildman–Crippen MR) is 51.8 cm³/mol. The van der Waals surface area contributed by atoms with Crippen LogP contribution < -0.4 is 11.0 Å². The van der Waals surface area contributed by atoms with Crippen LogP contribution in [0.15, 0.2) is 0 Å². The Morgan fingerprint density at radius 2 is 1.21 bits per heavy atom. The lowest BCUT2D eigenvalue weighted by Crippen LogP contribution is -2.34. The van der Waals surface area contributed by atoms with E-state index in [1.54, 1.807) is 0 Å². The minimum Gasteiger partial charge on any atom is -0.264 e. The third-order valence-electron chi connectivity index (χ3n) is 0.589. The van der Waals surface area contributed by atoms with Gasteiger partial charge in [0.2, 0.25) is 0 Å². The molecule has 0 spiro atoms. The quantitative estimate of drug-likeness (QED) is 0.403. The standard InChI is InChI=1S/C6H16N2O.H2O4S/c1-5(2)7-9-8-6(3)4;1-5(2,3)4/h5-8H,1-4H3;(H2,1,2,3,4). The van der Waals surface area contributed by atoms with Crippen LogP contribution in [0.4, 0.5) is 0 Å². The van der Waals surface area contributed by atoms with Crippen LogP contribution in [0.25, 0.3) is 0 Å².